The summed E-state index contributed by atoms with van der Waals surface area (Å²) in [6.07, 6.45) is 3.66. The van der Waals surface area contributed by atoms with Crippen LogP contribution in [0.25, 0.3) is 0 Å². The highest BCUT2D eigenvalue weighted by Crippen LogP contribution is 2.24. The molecule has 1 aromatic carbocycles. The van der Waals surface area contributed by atoms with Crippen LogP contribution in [0.15, 0.2) is 12.1 Å². The quantitative estimate of drug-likeness (QED) is 0.619. The van der Waals surface area contributed by atoms with Crippen molar-refractivity contribution < 1.29 is 9.53 Å². The summed E-state index contributed by atoms with van der Waals surface area (Å²) in [5, 5.41) is 0. The number of rotatable bonds is 3. The van der Waals surface area contributed by atoms with Gasteiger partial charge in [-0.05, 0) is 57.8 Å². The summed E-state index contributed by atoms with van der Waals surface area (Å²) in [5.74, 6) is 0.588. The van der Waals surface area contributed by atoms with Gasteiger partial charge < -0.3 is 4.74 Å². The first-order valence-electron chi connectivity index (χ1n) is 7.07. The lowest BCUT2D eigenvalue weighted by Crippen LogP contribution is -2.36. The Hall–Kier alpha value is -1.35. The molecule has 0 unspecified atom stereocenters. The van der Waals surface area contributed by atoms with Crippen LogP contribution in [0.4, 0.5) is 0 Å². The first-order chi connectivity index (χ1) is 9.06. The Morgan fingerprint density at radius 3 is 2.26 bits per heavy atom. The van der Waals surface area contributed by atoms with Crippen LogP contribution < -0.4 is 4.74 Å². The largest absolute Gasteiger partial charge is 0.425 e. The summed E-state index contributed by atoms with van der Waals surface area (Å²) in [7, 11) is 0. The SMILES string of the molecule is Cc1cc(C)c(OC(=O)CN2CCCCC2)c(C)c1. The van der Waals surface area contributed by atoms with Crippen molar-refractivity contribution in [3.63, 3.8) is 0 Å². The minimum atomic E-state index is -0.142. The number of nitrogens with zero attached hydrogens (tertiary/aromatic N) is 1. The van der Waals surface area contributed by atoms with Crippen molar-refractivity contribution in [2.45, 2.75) is 40.0 Å². The van der Waals surface area contributed by atoms with Gasteiger partial charge in [0.05, 0.1) is 6.54 Å². The van der Waals surface area contributed by atoms with Crippen LogP contribution in [-0.2, 0) is 4.79 Å². The van der Waals surface area contributed by atoms with E-state index in [9.17, 15) is 4.79 Å². The second-order valence-electron chi connectivity index (χ2n) is 5.54. The number of carbonyl (C=O) groups excluding carboxylic acids is 1. The summed E-state index contributed by atoms with van der Waals surface area (Å²) in [6.45, 7) is 8.47. The third-order valence-electron chi connectivity index (χ3n) is 3.62. The first kappa shape index (κ1) is 14.1. The maximum atomic E-state index is 12.0. The maximum absolute atomic E-state index is 12.0. The number of aryl methyl sites for hydroxylation is 3. The van der Waals surface area contributed by atoms with Gasteiger partial charge in [0.15, 0.2) is 0 Å². The van der Waals surface area contributed by atoms with Gasteiger partial charge in [-0.15, -0.1) is 0 Å². The van der Waals surface area contributed by atoms with E-state index in [1.807, 2.05) is 13.8 Å². The second kappa shape index (κ2) is 6.20. The molecular formula is C16H23NO2. The van der Waals surface area contributed by atoms with E-state index in [0.717, 1.165) is 30.0 Å². The van der Waals surface area contributed by atoms with Crippen LogP contribution in [0.5, 0.6) is 5.75 Å². The van der Waals surface area contributed by atoms with Crippen LogP contribution in [0.2, 0.25) is 0 Å². The number of benzene rings is 1. The molecule has 1 saturated heterocycles. The molecule has 1 aliphatic rings. The molecule has 0 aliphatic carbocycles. The van der Waals surface area contributed by atoms with Crippen LogP contribution >= 0.6 is 0 Å². The Labute approximate surface area is 115 Å². The van der Waals surface area contributed by atoms with E-state index in [1.54, 1.807) is 0 Å². The van der Waals surface area contributed by atoms with Crippen LogP contribution in [0.3, 0.4) is 0 Å². The lowest BCUT2D eigenvalue weighted by molar-refractivity contribution is -0.136. The van der Waals surface area contributed by atoms with Crippen molar-refractivity contribution in [1.82, 2.24) is 4.90 Å². The minimum absolute atomic E-state index is 0.142. The van der Waals surface area contributed by atoms with E-state index < -0.39 is 0 Å². The predicted molar refractivity (Wildman–Crippen MR) is 76.6 cm³/mol. The Morgan fingerprint density at radius 2 is 1.68 bits per heavy atom. The molecule has 2 rings (SSSR count). The zero-order valence-electron chi connectivity index (χ0n) is 12.2. The van der Waals surface area contributed by atoms with Crippen LogP contribution in [-0.4, -0.2) is 30.5 Å². The van der Waals surface area contributed by atoms with E-state index in [1.165, 1.54) is 24.8 Å². The standard InChI is InChI=1S/C16H23NO2/c1-12-9-13(2)16(14(3)10-12)19-15(18)11-17-7-5-4-6-8-17/h9-10H,4-8,11H2,1-3H3. The number of hydrogen-bond acceptors (Lipinski definition) is 3. The summed E-state index contributed by atoms with van der Waals surface area (Å²) < 4.78 is 5.55. The fourth-order valence-corrected chi connectivity index (χ4v) is 2.77. The molecule has 19 heavy (non-hydrogen) atoms. The van der Waals surface area contributed by atoms with Crippen molar-refractivity contribution in [2.75, 3.05) is 19.6 Å². The molecule has 1 aromatic rings. The number of carbonyl (C=O) groups is 1. The third-order valence-corrected chi connectivity index (χ3v) is 3.62. The molecule has 0 aromatic heterocycles. The molecule has 0 spiro atoms. The van der Waals surface area contributed by atoms with Crippen LogP contribution in [0, 0.1) is 20.8 Å². The highest BCUT2D eigenvalue weighted by Gasteiger charge is 2.16. The fraction of sp³-hybridized carbons (Fsp3) is 0.562. The number of esters is 1. The Bertz CT molecular complexity index is 439. The molecule has 1 aliphatic heterocycles. The molecule has 104 valence electrons. The summed E-state index contributed by atoms with van der Waals surface area (Å²) in [4.78, 5) is 14.2. The van der Waals surface area contributed by atoms with Crippen molar-refractivity contribution in [3.05, 3.63) is 28.8 Å². The fourth-order valence-electron chi connectivity index (χ4n) is 2.77. The molecule has 1 heterocycles. The zero-order chi connectivity index (χ0) is 13.8. The zero-order valence-corrected chi connectivity index (χ0v) is 12.2. The monoisotopic (exact) mass is 261 g/mol. The smallest absolute Gasteiger partial charge is 0.325 e. The molecule has 0 radical (unpaired) electrons. The highest BCUT2D eigenvalue weighted by molar-refractivity contribution is 5.75. The third kappa shape index (κ3) is 3.80. The second-order valence-corrected chi connectivity index (χ2v) is 5.54. The average molecular weight is 261 g/mol. The number of piperidine rings is 1. The number of ether oxygens (including phenoxy) is 1. The summed E-state index contributed by atoms with van der Waals surface area (Å²) >= 11 is 0. The van der Waals surface area contributed by atoms with E-state index in [4.69, 9.17) is 4.74 Å². The topological polar surface area (TPSA) is 29.5 Å². The van der Waals surface area contributed by atoms with Gasteiger partial charge in [-0.2, -0.15) is 0 Å². The van der Waals surface area contributed by atoms with Crippen molar-refractivity contribution in [1.29, 1.82) is 0 Å². The van der Waals surface area contributed by atoms with E-state index in [0.29, 0.717) is 6.54 Å². The van der Waals surface area contributed by atoms with Crippen molar-refractivity contribution in [2.24, 2.45) is 0 Å². The van der Waals surface area contributed by atoms with Gasteiger partial charge in [0.25, 0.3) is 0 Å². The van der Waals surface area contributed by atoms with Crippen LogP contribution in [0.1, 0.15) is 36.0 Å². The van der Waals surface area contributed by atoms with E-state index in [-0.39, 0.29) is 5.97 Å². The molecule has 1 fully saturated rings. The number of hydrogen-bond donors (Lipinski definition) is 0. The van der Waals surface area contributed by atoms with Gasteiger partial charge in [0, 0.05) is 0 Å². The predicted octanol–water partition coefficient (Wildman–Crippen LogP) is 3.00. The first-order valence-corrected chi connectivity index (χ1v) is 7.07. The maximum Gasteiger partial charge on any atom is 0.325 e. The van der Waals surface area contributed by atoms with E-state index in [2.05, 4.69) is 24.0 Å². The average Bonchev–Trinajstić information content (AvgIpc) is 2.35. The molecule has 3 heteroatoms. The van der Waals surface area contributed by atoms with Gasteiger partial charge in [-0.3, -0.25) is 9.69 Å². The Balaban J connectivity index is 1.98. The minimum Gasteiger partial charge on any atom is -0.425 e. The molecule has 0 N–H and O–H groups in total. The molecular weight excluding hydrogens is 238 g/mol. The Morgan fingerprint density at radius 1 is 1.11 bits per heavy atom. The van der Waals surface area contributed by atoms with Gasteiger partial charge in [-0.25, -0.2) is 0 Å². The highest BCUT2D eigenvalue weighted by atomic mass is 16.5. The van der Waals surface area contributed by atoms with Gasteiger partial charge in [0.1, 0.15) is 5.75 Å². The molecule has 0 atom stereocenters. The Kier molecular flexibility index (Phi) is 4.59. The summed E-state index contributed by atoms with van der Waals surface area (Å²) in [6, 6.07) is 4.10. The van der Waals surface area contributed by atoms with E-state index >= 15 is 0 Å². The molecule has 0 amide bonds. The normalized spacial score (nSPS) is 16.4. The molecule has 0 saturated carbocycles. The molecule has 3 nitrogen and oxygen atoms in total. The lowest BCUT2D eigenvalue weighted by atomic mass is 10.1. The van der Waals surface area contributed by atoms with Gasteiger partial charge in [-0.1, -0.05) is 24.1 Å². The molecule has 0 bridgehead atoms. The van der Waals surface area contributed by atoms with Crippen molar-refractivity contribution in [3.8, 4) is 5.75 Å². The number of likely N-dealkylation sites (tertiary alicyclic amines) is 1. The van der Waals surface area contributed by atoms with Gasteiger partial charge in [0.2, 0.25) is 0 Å². The van der Waals surface area contributed by atoms with Gasteiger partial charge >= 0.3 is 5.97 Å². The lowest BCUT2D eigenvalue weighted by Gasteiger charge is -2.25. The summed E-state index contributed by atoms with van der Waals surface area (Å²) in [5.41, 5.74) is 3.26. The van der Waals surface area contributed by atoms with Crippen molar-refractivity contribution >= 4 is 5.97 Å².